The lowest BCUT2D eigenvalue weighted by Gasteiger charge is -2.32. The first-order chi connectivity index (χ1) is 13.1. The number of nitrogens with one attached hydrogen (secondary N) is 1. The number of esters is 1. The molecule has 0 amide bonds. The molecule has 1 heterocycles. The van der Waals surface area contributed by atoms with Gasteiger partial charge in [0.15, 0.2) is 0 Å². The SMILES string of the molecule is CC(C)(COC(=O)C(c1ccccc1)c1ccccc1)C[NH+]1CCOCC1.[Cl-]. The molecule has 0 unspecified atom stereocenters. The highest BCUT2D eigenvalue weighted by Crippen LogP contribution is 2.27. The summed E-state index contributed by atoms with van der Waals surface area (Å²) < 4.78 is 11.3. The fourth-order valence-electron chi connectivity index (χ4n) is 3.67. The number of quaternary nitrogens is 1. The van der Waals surface area contributed by atoms with Crippen LogP contribution in [-0.2, 0) is 14.3 Å². The van der Waals surface area contributed by atoms with Crippen LogP contribution in [0, 0.1) is 5.41 Å². The zero-order valence-electron chi connectivity index (χ0n) is 16.7. The van der Waals surface area contributed by atoms with E-state index in [-0.39, 0.29) is 29.7 Å². The van der Waals surface area contributed by atoms with Crippen molar-refractivity contribution in [3.8, 4) is 0 Å². The Kier molecular flexibility index (Phi) is 8.49. The Morgan fingerprint density at radius 2 is 1.50 bits per heavy atom. The van der Waals surface area contributed by atoms with Crippen molar-refractivity contribution in [1.82, 2.24) is 0 Å². The van der Waals surface area contributed by atoms with Gasteiger partial charge in [-0.3, -0.25) is 4.79 Å². The summed E-state index contributed by atoms with van der Waals surface area (Å²) in [6.45, 7) is 9.41. The minimum Gasteiger partial charge on any atom is -1.00 e. The smallest absolute Gasteiger partial charge is 0.317 e. The molecular formula is C23H30ClNO3. The van der Waals surface area contributed by atoms with Crippen molar-refractivity contribution >= 4 is 5.97 Å². The minimum atomic E-state index is -0.390. The minimum absolute atomic E-state index is 0. The van der Waals surface area contributed by atoms with E-state index in [1.165, 1.54) is 4.90 Å². The fourth-order valence-corrected chi connectivity index (χ4v) is 3.67. The molecule has 0 spiro atoms. The van der Waals surface area contributed by atoms with Crippen LogP contribution in [0.4, 0.5) is 0 Å². The second kappa shape index (κ2) is 10.6. The van der Waals surface area contributed by atoms with Crippen LogP contribution in [0.5, 0.6) is 0 Å². The van der Waals surface area contributed by atoms with Gasteiger partial charge in [0.25, 0.3) is 0 Å². The molecule has 0 atom stereocenters. The van der Waals surface area contributed by atoms with Crippen molar-refractivity contribution in [2.24, 2.45) is 5.41 Å². The number of benzene rings is 2. The molecule has 152 valence electrons. The number of morpholine rings is 1. The molecule has 2 aromatic rings. The van der Waals surface area contributed by atoms with Gasteiger partial charge in [-0.2, -0.15) is 0 Å². The van der Waals surface area contributed by atoms with Gasteiger partial charge in [-0.05, 0) is 11.1 Å². The maximum Gasteiger partial charge on any atom is 0.317 e. The molecule has 0 saturated carbocycles. The molecule has 0 aromatic heterocycles. The summed E-state index contributed by atoms with van der Waals surface area (Å²) in [7, 11) is 0. The quantitative estimate of drug-likeness (QED) is 0.622. The normalized spacial score (nSPS) is 15.1. The van der Waals surface area contributed by atoms with Gasteiger partial charge in [-0.25, -0.2) is 0 Å². The van der Waals surface area contributed by atoms with Gasteiger partial charge in [0, 0.05) is 5.41 Å². The van der Waals surface area contributed by atoms with Gasteiger partial charge >= 0.3 is 5.97 Å². The Balaban J connectivity index is 0.00000280. The standard InChI is InChI=1S/C23H29NO3.ClH/c1-23(2,17-24-13-15-26-16-14-24)18-27-22(25)21(19-9-5-3-6-10-19)20-11-7-4-8-12-20;/h3-12,21H,13-18H2,1-2H3;1H. The third kappa shape index (κ3) is 6.33. The summed E-state index contributed by atoms with van der Waals surface area (Å²) >= 11 is 0. The number of halogens is 1. The lowest BCUT2D eigenvalue weighted by molar-refractivity contribution is -0.914. The van der Waals surface area contributed by atoms with E-state index in [2.05, 4.69) is 13.8 Å². The van der Waals surface area contributed by atoms with Crippen LogP contribution < -0.4 is 17.3 Å². The van der Waals surface area contributed by atoms with Crippen LogP contribution >= 0.6 is 0 Å². The van der Waals surface area contributed by atoms with Gasteiger partial charge in [0.05, 0.1) is 19.8 Å². The monoisotopic (exact) mass is 403 g/mol. The van der Waals surface area contributed by atoms with E-state index in [0.29, 0.717) is 6.61 Å². The van der Waals surface area contributed by atoms with E-state index in [1.807, 2.05) is 60.7 Å². The van der Waals surface area contributed by atoms with E-state index in [1.54, 1.807) is 0 Å². The van der Waals surface area contributed by atoms with Crippen molar-refractivity contribution in [1.29, 1.82) is 0 Å². The summed E-state index contributed by atoms with van der Waals surface area (Å²) in [5.74, 6) is -0.573. The molecule has 28 heavy (non-hydrogen) atoms. The molecule has 1 fully saturated rings. The first kappa shape index (κ1) is 22.4. The number of ether oxygens (including phenoxy) is 2. The Bertz CT molecular complexity index is 676. The first-order valence-corrected chi connectivity index (χ1v) is 9.73. The van der Waals surface area contributed by atoms with E-state index < -0.39 is 0 Å². The number of hydrogen-bond donors (Lipinski definition) is 1. The predicted octanol–water partition coefficient (Wildman–Crippen LogP) is -0.693. The van der Waals surface area contributed by atoms with Gasteiger partial charge in [-0.1, -0.05) is 74.5 Å². The molecule has 1 saturated heterocycles. The average Bonchev–Trinajstić information content (AvgIpc) is 2.69. The third-order valence-corrected chi connectivity index (χ3v) is 5.04. The predicted molar refractivity (Wildman–Crippen MR) is 106 cm³/mol. The maximum atomic E-state index is 13.0. The average molecular weight is 404 g/mol. The second-order valence-electron chi connectivity index (χ2n) is 8.07. The molecule has 0 radical (unpaired) electrons. The number of carbonyl (C=O) groups excluding carboxylic acids is 1. The van der Waals surface area contributed by atoms with Crippen LogP contribution in [0.15, 0.2) is 60.7 Å². The summed E-state index contributed by atoms with van der Waals surface area (Å²) in [6.07, 6.45) is 0. The second-order valence-corrected chi connectivity index (χ2v) is 8.07. The van der Waals surface area contributed by atoms with Crippen LogP contribution in [0.3, 0.4) is 0 Å². The number of rotatable bonds is 7. The highest BCUT2D eigenvalue weighted by molar-refractivity contribution is 5.82. The largest absolute Gasteiger partial charge is 1.00 e. The molecule has 2 aromatic carbocycles. The third-order valence-electron chi connectivity index (χ3n) is 5.04. The van der Waals surface area contributed by atoms with E-state index >= 15 is 0 Å². The summed E-state index contributed by atoms with van der Waals surface area (Å²) in [5, 5.41) is 0. The molecule has 1 aliphatic heterocycles. The highest BCUT2D eigenvalue weighted by Gasteiger charge is 2.30. The molecular weight excluding hydrogens is 374 g/mol. The summed E-state index contributed by atoms with van der Waals surface area (Å²) in [4.78, 5) is 14.6. The molecule has 3 rings (SSSR count). The van der Waals surface area contributed by atoms with Gasteiger partial charge < -0.3 is 26.8 Å². The Labute approximate surface area is 174 Å². The maximum absolute atomic E-state index is 13.0. The molecule has 0 aliphatic carbocycles. The van der Waals surface area contributed by atoms with Crippen molar-refractivity contribution in [3.05, 3.63) is 71.8 Å². The summed E-state index contributed by atoms with van der Waals surface area (Å²) in [5.41, 5.74) is 1.86. The molecule has 4 nitrogen and oxygen atoms in total. The van der Waals surface area contributed by atoms with Gasteiger partial charge in [-0.15, -0.1) is 0 Å². The van der Waals surface area contributed by atoms with Crippen LogP contribution in [0.25, 0.3) is 0 Å². The fraction of sp³-hybridized carbons (Fsp3) is 0.435. The molecule has 0 bridgehead atoms. The molecule has 5 heteroatoms. The Hall–Kier alpha value is -1.88. The van der Waals surface area contributed by atoms with Crippen molar-refractivity contribution in [2.75, 3.05) is 39.5 Å². The van der Waals surface area contributed by atoms with Crippen molar-refractivity contribution in [2.45, 2.75) is 19.8 Å². The number of hydrogen-bond acceptors (Lipinski definition) is 3. The van der Waals surface area contributed by atoms with Crippen molar-refractivity contribution < 1.29 is 31.6 Å². The highest BCUT2D eigenvalue weighted by atomic mass is 35.5. The molecule has 1 aliphatic rings. The van der Waals surface area contributed by atoms with Crippen LogP contribution in [0.1, 0.15) is 30.9 Å². The lowest BCUT2D eigenvalue weighted by Crippen LogP contribution is -3.15. The van der Waals surface area contributed by atoms with Crippen LogP contribution in [-0.4, -0.2) is 45.4 Å². The summed E-state index contributed by atoms with van der Waals surface area (Å²) in [6, 6.07) is 19.7. The zero-order valence-corrected chi connectivity index (χ0v) is 17.5. The lowest BCUT2D eigenvalue weighted by atomic mass is 9.90. The Morgan fingerprint density at radius 1 is 1.00 bits per heavy atom. The number of carbonyl (C=O) groups is 1. The zero-order chi connectivity index (χ0) is 19.1. The van der Waals surface area contributed by atoms with Gasteiger partial charge in [0.1, 0.15) is 25.6 Å². The van der Waals surface area contributed by atoms with E-state index in [0.717, 1.165) is 44.0 Å². The van der Waals surface area contributed by atoms with Crippen LogP contribution in [0.2, 0.25) is 0 Å². The van der Waals surface area contributed by atoms with E-state index in [4.69, 9.17) is 9.47 Å². The topological polar surface area (TPSA) is 40.0 Å². The van der Waals surface area contributed by atoms with E-state index in [9.17, 15) is 4.79 Å². The molecule has 1 N–H and O–H groups in total. The van der Waals surface area contributed by atoms with Gasteiger partial charge in [0.2, 0.25) is 0 Å². The Morgan fingerprint density at radius 3 is 2.00 bits per heavy atom. The first-order valence-electron chi connectivity index (χ1n) is 9.73. The van der Waals surface area contributed by atoms with Crippen molar-refractivity contribution in [3.63, 3.8) is 0 Å².